The summed E-state index contributed by atoms with van der Waals surface area (Å²) in [5, 5.41) is 5.45. The number of nitrogens with one attached hydrogen (secondary N) is 1. The summed E-state index contributed by atoms with van der Waals surface area (Å²) in [6.07, 6.45) is 3.51. The van der Waals surface area contributed by atoms with Gasteiger partial charge in [-0.05, 0) is 34.9 Å². The second kappa shape index (κ2) is 9.14. The summed E-state index contributed by atoms with van der Waals surface area (Å²) in [4.78, 5) is 18.8. The molecule has 5 heteroatoms. The van der Waals surface area contributed by atoms with E-state index in [2.05, 4.69) is 34.6 Å². The number of aromatic nitrogens is 1. The lowest BCUT2D eigenvalue weighted by Gasteiger charge is -2.25. The number of carbonyl (C=O) groups excluding carboxylic acids is 1. The van der Waals surface area contributed by atoms with E-state index in [1.54, 1.807) is 24.4 Å². The van der Waals surface area contributed by atoms with Gasteiger partial charge < -0.3 is 15.0 Å². The van der Waals surface area contributed by atoms with Crippen LogP contribution in [-0.4, -0.2) is 36.2 Å². The van der Waals surface area contributed by atoms with Crippen molar-refractivity contribution in [1.29, 1.82) is 0 Å². The summed E-state index contributed by atoms with van der Waals surface area (Å²) in [6, 6.07) is 18.0. The fourth-order valence-corrected chi connectivity index (χ4v) is 3.15. The highest BCUT2D eigenvalue weighted by molar-refractivity contribution is 5.86. The van der Waals surface area contributed by atoms with Crippen LogP contribution in [-0.2, 0) is 11.3 Å². The molecule has 5 nitrogen and oxygen atoms in total. The van der Waals surface area contributed by atoms with Gasteiger partial charge in [0, 0.05) is 32.6 Å². The molecule has 3 aromatic rings. The molecular formula is C22H25N3O2. The molecule has 0 fully saturated rings. The van der Waals surface area contributed by atoms with E-state index in [0.29, 0.717) is 19.7 Å². The highest BCUT2D eigenvalue weighted by atomic mass is 16.5. The number of fused-ring (bicyclic) bond motifs is 1. The van der Waals surface area contributed by atoms with Gasteiger partial charge in [-0.15, -0.1) is 0 Å². The molecule has 3 rings (SSSR count). The number of hydrogen-bond donors (Lipinski definition) is 1. The lowest BCUT2D eigenvalue weighted by atomic mass is 10.00. The first-order chi connectivity index (χ1) is 13.2. The van der Waals surface area contributed by atoms with E-state index in [1.807, 2.05) is 37.3 Å². The first-order valence-electron chi connectivity index (χ1n) is 9.10. The monoisotopic (exact) mass is 363 g/mol. The molecule has 0 aliphatic heterocycles. The molecule has 0 saturated carbocycles. The molecule has 0 spiro atoms. The maximum absolute atomic E-state index is 12.9. The second-order valence-electron chi connectivity index (χ2n) is 6.52. The molecule has 1 heterocycles. The third-order valence-corrected chi connectivity index (χ3v) is 4.58. The van der Waals surface area contributed by atoms with Crippen molar-refractivity contribution in [3.63, 3.8) is 0 Å². The lowest BCUT2D eigenvalue weighted by molar-refractivity contribution is 0.145. The predicted molar refractivity (Wildman–Crippen MR) is 107 cm³/mol. The van der Waals surface area contributed by atoms with Gasteiger partial charge in [0.25, 0.3) is 0 Å². The van der Waals surface area contributed by atoms with Gasteiger partial charge in [0.15, 0.2) is 0 Å². The molecule has 1 N–H and O–H groups in total. The van der Waals surface area contributed by atoms with Gasteiger partial charge in [-0.1, -0.05) is 48.5 Å². The maximum atomic E-state index is 12.9. The van der Waals surface area contributed by atoms with E-state index < -0.39 is 0 Å². The van der Waals surface area contributed by atoms with Crippen LogP contribution in [0.4, 0.5) is 4.79 Å². The quantitative estimate of drug-likeness (QED) is 0.686. The van der Waals surface area contributed by atoms with Crippen LogP contribution in [0, 0.1) is 0 Å². The maximum Gasteiger partial charge on any atom is 0.318 e. The average molecular weight is 363 g/mol. The zero-order valence-electron chi connectivity index (χ0n) is 15.8. The molecule has 0 bridgehead atoms. The predicted octanol–water partition coefficient (Wildman–Crippen LogP) is 4.15. The average Bonchev–Trinajstić information content (AvgIpc) is 2.71. The second-order valence-corrected chi connectivity index (χ2v) is 6.52. The number of nitrogens with zero attached hydrogens (tertiary/aromatic N) is 2. The Balaban J connectivity index is 1.75. The summed E-state index contributed by atoms with van der Waals surface area (Å²) in [5.74, 6) is 0. The summed E-state index contributed by atoms with van der Waals surface area (Å²) in [5.41, 5.74) is 2.09. The number of carbonyl (C=O) groups is 1. The Morgan fingerprint density at radius 1 is 1.15 bits per heavy atom. The van der Waals surface area contributed by atoms with Crippen molar-refractivity contribution in [2.45, 2.75) is 19.5 Å². The van der Waals surface area contributed by atoms with Crippen LogP contribution in [0.15, 0.2) is 67.0 Å². The van der Waals surface area contributed by atoms with Crippen molar-refractivity contribution in [2.24, 2.45) is 0 Å². The van der Waals surface area contributed by atoms with Crippen molar-refractivity contribution < 1.29 is 9.53 Å². The highest BCUT2D eigenvalue weighted by Crippen LogP contribution is 2.24. The fraction of sp³-hybridized carbons (Fsp3) is 0.273. The van der Waals surface area contributed by atoms with Gasteiger partial charge in [0.05, 0.1) is 12.6 Å². The molecular weight excluding hydrogens is 338 g/mol. The molecule has 0 radical (unpaired) electrons. The Kier molecular flexibility index (Phi) is 6.39. The number of benzene rings is 2. The number of amides is 2. The van der Waals surface area contributed by atoms with Crippen LogP contribution in [0.5, 0.6) is 0 Å². The van der Waals surface area contributed by atoms with E-state index in [4.69, 9.17) is 4.74 Å². The topological polar surface area (TPSA) is 54.5 Å². The number of pyridine rings is 1. The summed E-state index contributed by atoms with van der Waals surface area (Å²) in [6.45, 7) is 3.50. The van der Waals surface area contributed by atoms with E-state index >= 15 is 0 Å². The molecule has 2 aromatic carbocycles. The number of methoxy groups -OCH3 is 1. The SMILES string of the molecule is COCCN(Cc1cccnc1)C(=O)NC(C)c1cccc2ccccc12. The zero-order valence-corrected chi connectivity index (χ0v) is 15.8. The molecule has 0 aliphatic rings. The van der Waals surface area contributed by atoms with Crippen molar-refractivity contribution in [3.8, 4) is 0 Å². The van der Waals surface area contributed by atoms with Crippen LogP contribution in [0.1, 0.15) is 24.1 Å². The fourth-order valence-electron chi connectivity index (χ4n) is 3.15. The van der Waals surface area contributed by atoms with Crippen molar-refractivity contribution >= 4 is 16.8 Å². The molecule has 1 unspecified atom stereocenters. The van der Waals surface area contributed by atoms with Gasteiger partial charge >= 0.3 is 6.03 Å². The number of ether oxygens (including phenoxy) is 1. The minimum Gasteiger partial charge on any atom is -0.383 e. The van der Waals surface area contributed by atoms with Crippen molar-refractivity contribution in [2.75, 3.05) is 20.3 Å². The van der Waals surface area contributed by atoms with E-state index in [-0.39, 0.29) is 12.1 Å². The minimum atomic E-state index is -0.115. The van der Waals surface area contributed by atoms with Gasteiger partial charge in [-0.2, -0.15) is 0 Å². The van der Waals surface area contributed by atoms with Gasteiger partial charge in [0.2, 0.25) is 0 Å². The molecule has 140 valence electrons. The Morgan fingerprint density at radius 3 is 2.74 bits per heavy atom. The number of rotatable bonds is 7. The van der Waals surface area contributed by atoms with Crippen LogP contribution in [0.2, 0.25) is 0 Å². The standard InChI is InChI=1S/C22H25N3O2/c1-17(20-11-5-9-19-8-3-4-10-21(19)20)24-22(26)25(13-14-27-2)16-18-7-6-12-23-15-18/h3-12,15,17H,13-14,16H2,1-2H3,(H,24,26). The van der Waals surface area contributed by atoms with Crippen LogP contribution >= 0.6 is 0 Å². The molecule has 2 amide bonds. The van der Waals surface area contributed by atoms with Crippen LogP contribution in [0.3, 0.4) is 0 Å². The number of urea groups is 1. The zero-order chi connectivity index (χ0) is 19.1. The Bertz CT molecular complexity index is 878. The summed E-state index contributed by atoms with van der Waals surface area (Å²) < 4.78 is 5.17. The Hall–Kier alpha value is -2.92. The van der Waals surface area contributed by atoms with Gasteiger partial charge in [0.1, 0.15) is 0 Å². The molecule has 27 heavy (non-hydrogen) atoms. The molecule has 0 saturated heterocycles. The summed E-state index contributed by atoms with van der Waals surface area (Å²) >= 11 is 0. The molecule has 1 aromatic heterocycles. The first kappa shape index (κ1) is 18.9. The van der Waals surface area contributed by atoms with E-state index in [1.165, 1.54) is 5.39 Å². The van der Waals surface area contributed by atoms with Crippen LogP contribution in [0.25, 0.3) is 10.8 Å². The Morgan fingerprint density at radius 2 is 1.96 bits per heavy atom. The van der Waals surface area contributed by atoms with E-state index in [0.717, 1.165) is 16.5 Å². The van der Waals surface area contributed by atoms with Crippen molar-refractivity contribution in [1.82, 2.24) is 15.2 Å². The largest absolute Gasteiger partial charge is 0.383 e. The first-order valence-corrected chi connectivity index (χ1v) is 9.10. The normalized spacial score (nSPS) is 11.9. The third kappa shape index (κ3) is 4.83. The minimum absolute atomic E-state index is 0.109. The highest BCUT2D eigenvalue weighted by Gasteiger charge is 2.18. The summed E-state index contributed by atoms with van der Waals surface area (Å²) in [7, 11) is 1.64. The third-order valence-electron chi connectivity index (χ3n) is 4.58. The van der Waals surface area contributed by atoms with Crippen LogP contribution < -0.4 is 5.32 Å². The smallest absolute Gasteiger partial charge is 0.318 e. The van der Waals surface area contributed by atoms with E-state index in [9.17, 15) is 4.79 Å². The Labute approximate surface area is 160 Å². The molecule has 0 aliphatic carbocycles. The van der Waals surface area contributed by atoms with Gasteiger partial charge in [-0.3, -0.25) is 4.98 Å². The lowest BCUT2D eigenvalue weighted by Crippen LogP contribution is -2.42. The molecule has 1 atom stereocenters. The number of hydrogen-bond acceptors (Lipinski definition) is 3. The van der Waals surface area contributed by atoms with Crippen molar-refractivity contribution in [3.05, 3.63) is 78.1 Å². The van der Waals surface area contributed by atoms with Gasteiger partial charge in [-0.25, -0.2) is 4.79 Å².